The van der Waals surface area contributed by atoms with E-state index in [1.807, 2.05) is 32.9 Å². The maximum atomic E-state index is 12.2. The number of hydrogen-bond acceptors (Lipinski definition) is 3. The smallest absolute Gasteiger partial charge is 0.271 e. The summed E-state index contributed by atoms with van der Waals surface area (Å²) in [5.74, 6) is 0.930. The number of rotatable bonds is 6. The van der Waals surface area contributed by atoms with E-state index in [0.717, 1.165) is 28.0 Å². The number of hydrazone groups is 1. The van der Waals surface area contributed by atoms with Crippen LogP contribution in [0.25, 0.3) is 0 Å². The molecule has 26 heavy (non-hydrogen) atoms. The number of benzene rings is 2. The van der Waals surface area contributed by atoms with E-state index in [4.69, 9.17) is 16.3 Å². The number of carbonyl (C=O) groups excluding carboxylic acids is 1. The molecule has 0 spiro atoms. The molecule has 4 nitrogen and oxygen atoms in total. The van der Waals surface area contributed by atoms with Gasteiger partial charge in [-0.25, -0.2) is 5.43 Å². The average molecular weight is 373 g/mol. The van der Waals surface area contributed by atoms with Crippen LogP contribution in [0.4, 0.5) is 0 Å². The van der Waals surface area contributed by atoms with Gasteiger partial charge in [0.05, 0.1) is 12.8 Å². The molecule has 2 aromatic rings. The summed E-state index contributed by atoms with van der Waals surface area (Å²) in [6, 6.07) is 9.25. The van der Waals surface area contributed by atoms with Gasteiger partial charge in [0.25, 0.3) is 5.91 Å². The first-order chi connectivity index (χ1) is 12.3. The van der Waals surface area contributed by atoms with Crippen molar-refractivity contribution in [3.05, 3.63) is 63.2 Å². The van der Waals surface area contributed by atoms with Crippen LogP contribution in [-0.2, 0) is 0 Å². The van der Waals surface area contributed by atoms with Crippen molar-refractivity contribution >= 4 is 23.7 Å². The lowest BCUT2D eigenvalue weighted by Gasteiger charge is -2.15. The van der Waals surface area contributed by atoms with Crippen LogP contribution < -0.4 is 10.2 Å². The van der Waals surface area contributed by atoms with Crippen LogP contribution in [0.3, 0.4) is 0 Å². The van der Waals surface area contributed by atoms with Crippen LogP contribution in [0.15, 0.2) is 35.4 Å². The van der Waals surface area contributed by atoms with Gasteiger partial charge in [-0.1, -0.05) is 31.5 Å². The fourth-order valence-electron chi connectivity index (χ4n) is 2.55. The SMILES string of the molecule is CCOc1cc(C)c(/C=N\NC(=O)c2ccc(C)c(Cl)c2)cc1C(C)C. The summed E-state index contributed by atoms with van der Waals surface area (Å²) in [5, 5.41) is 4.66. The van der Waals surface area contributed by atoms with E-state index in [1.165, 1.54) is 0 Å². The molecule has 0 saturated heterocycles. The number of amides is 1. The predicted molar refractivity (Wildman–Crippen MR) is 108 cm³/mol. The number of hydrogen-bond donors (Lipinski definition) is 1. The molecule has 0 radical (unpaired) electrons. The monoisotopic (exact) mass is 372 g/mol. The van der Waals surface area contributed by atoms with Crippen molar-refractivity contribution in [2.75, 3.05) is 6.61 Å². The van der Waals surface area contributed by atoms with Gasteiger partial charge in [-0.15, -0.1) is 0 Å². The van der Waals surface area contributed by atoms with Gasteiger partial charge in [0.2, 0.25) is 0 Å². The van der Waals surface area contributed by atoms with Crippen molar-refractivity contribution in [2.45, 2.75) is 40.5 Å². The van der Waals surface area contributed by atoms with Crippen LogP contribution in [0.2, 0.25) is 5.02 Å². The molecule has 0 atom stereocenters. The highest BCUT2D eigenvalue weighted by Crippen LogP contribution is 2.29. The van der Waals surface area contributed by atoms with Crippen molar-refractivity contribution in [3.8, 4) is 5.75 Å². The Morgan fingerprint density at radius 2 is 1.96 bits per heavy atom. The van der Waals surface area contributed by atoms with E-state index in [-0.39, 0.29) is 5.91 Å². The summed E-state index contributed by atoms with van der Waals surface area (Å²) in [5.41, 5.74) is 7.06. The van der Waals surface area contributed by atoms with Crippen LogP contribution in [0, 0.1) is 13.8 Å². The molecular formula is C21H25ClN2O2. The van der Waals surface area contributed by atoms with Gasteiger partial charge in [-0.05, 0) is 73.2 Å². The third-order valence-electron chi connectivity index (χ3n) is 4.12. The van der Waals surface area contributed by atoms with E-state index in [2.05, 4.69) is 30.4 Å². The maximum absolute atomic E-state index is 12.2. The maximum Gasteiger partial charge on any atom is 0.271 e. The van der Waals surface area contributed by atoms with Gasteiger partial charge in [-0.3, -0.25) is 4.79 Å². The standard InChI is InChI=1S/C21H25ClN2O2/c1-6-26-20-9-15(5)17(10-18(20)13(2)3)12-23-24-21(25)16-8-7-14(4)19(22)11-16/h7-13H,6H2,1-5H3,(H,24,25)/b23-12-. The molecule has 0 aliphatic heterocycles. The second kappa shape index (κ2) is 8.86. The summed E-state index contributed by atoms with van der Waals surface area (Å²) in [6.45, 7) is 10.7. The quantitative estimate of drug-likeness (QED) is 0.556. The highest BCUT2D eigenvalue weighted by Gasteiger charge is 2.11. The highest BCUT2D eigenvalue weighted by molar-refractivity contribution is 6.31. The van der Waals surface area contributed by atoms with Crippen LogP contribution in [0.5, 0.6) is 5.75 Å². The second-order valence-electron chi connectivity index (χ2n) is 6.50. The largest absolute Gasteiger partial charge is 0.494 e. The molecule has 0 bridgehead atoms. The Hall–Kier alpha value is -2.33. The van der Waals surface area contributed by atoms with Crippen molar-refractivity contribution in [3.63, 3.8) is 0 Å². The van der Waals surface area contributed by atoms with Gasteiger partial charge < -0.3 is 4.74 Å². The zero-order valence-electron chi connectivity index (χ0n) is 15.9. The zero-order valence-corrected chi connectivity index (χ0v) is 16.6. The van der Waals surface area contributed by atoms with E-state index in [9.17, 15) is 4.79 Å². The van der Waals surface area contributed by atoms with Gasteiger partial charge in [0.1, 0.15) is 5.75 Å². The van der Waals surface area contributed by atoms with Crippen molar-refractivity contribution in [2.24, 2.45) is 5.10 Å². The molecule has 1 amide bonds. The molecule has 0 aliphatic rings. The molecule has 0 heterocycles. The molecule has 138 valence electrons. The normalized spacial score (nSPS) is 11.2. The fraction of sp³-hybridized carbons (Fsp3) is 0.333. The van der Waals surface area contributed by atoms with Gasteiger partial charge >= 0.3 is 0 Å². The molecular weight excluding hydrogens is 348 g/mol. The Morgan fingerprint density at radius 1 is 1.23 bits per heavy atom. The Kier molecular flexibility index (Phi) is 6.81. The van der Waals surface area contributed by atoms with Crippen LogP contribution >= 0.6 is 11.6 Å². The third-order valence-corrected chi connectivity index (χ3v) is 4.53. The molecule has 0 aliphatic carbocycles. The highest BCUT2D eigenvalue weighted by atomic mass is 35.5. The minimum Gasteiger partial charge on any atom is -0.494 e. The van der Waals surface area contributed by atoms with Gasteiger partial charge in [0, 0.05) is 10.6 Å². The molecule has 2 aromatic carbocycles. The molecule has 0 aromatic heterocycles. The first-order valence-electron chi connectivity index (χ1n) is 8.70. The van der Waals surface area contributed by atoms with Crippen molar-refractivity contribution in [1.29, 1.82) is 0 Å². The zero-order chi connectivity index (χ0) is 19.3. The van der Waals surface area contributed by atoms with Crippen LogP contribution in [0.1, 0.15) is 59.3 Å². The molecule has 1 N–H and O–H groups in total. The second-order valence-corrected chi connectivity index (χ2v) is 6.90. The summed E-state index contributed by atoms with van der Waals surface area (Å²) >= 11 is 6.07. The first-order valence-corrected chi connectivity index (χ1v) is 9.08. The molecule has 0 saturated carbocycles. The Bertz CT molecular complexity index is 829. The predicted octanol–water partition coefficient (Wildman–Crippen LogP) is 5.24. The fourth-order valence-corrected chi connectivity index (χ4v) is 2.73. The lowest BCUT2D eigenvalue weighted by atomic mass is 9.97. The minimum atomic E-state index is -0.296. The summed E-state index contributed by atoms with van der Waals surface area (Å²) in [7, 11) is 0. The van der Waals surface area contributed by atoms with E-state index >= 15 is 0 Å². The average Bonchev–Trinajstić information content (AvgIpc) is 2.59. The van der Waals surface area contributed by atoms with E-state index in [0.29, 0.717) is 23.1 Å². The van der Waals surface area contributed by atoms with Gasteiger partial charge in [-0.2, -0.15) is 5.10 Å². The number of aryl methyl sites for hydroxylation is 2. The number of nitrogens with zero attached hydrogens (tertiary/aromatic N) is 1. The third kappa shape index (κ3) is 4.85. The number of carbonyl (C=O) groups is 1. The molecule has 0 unspecified atom stereocenters. The van der Waals surface area contributed by atoms with Crippen molar-refractivity contribution < 1.29 is 9.53 Å². The van der Waals surface area contributed by atoms with Crippen molar-refractivity contribution in [1.82, 2.24) is 5.43 Å². The lowest BCUT2D eigenvalue weighted by Crippen LogP contribution is -2.17. The number of halogens is 1. The molecule has 2 rings (SSSR count). The summed E-state index contributed by atoms with van der Waals surface area (Å²) in [4.78, 5) is 12.2. The summed E-state index contributed by atoms with van der Waals surface area (Å²) in [6.07, 6.45) is 1.66. The van der Waals surface area contributed by atoms with Gasteiger partial charge in [0.15, 0.2) is 0 Å². The number of nitrogens with one attached hydrogen (secondary N) is 1. The summed E-state index contributed by atoms with van der Waals surface area (Å²) < 4.78 is 5.73. The Balaban J connectivity index is 2.17. The lowest BCUT2D eigenvalue weighted by molar-refractivity contribution is 0.0955. The Morgan fingerprint density at radius 3 is 2.58 bits per heavy atom. The van der Waals surface area contributed by atoms with Crippen LogP contribution in [-0.4, -0.2) is 18.7 Å². The topological polar surface area (TPSA) is 50.7 Å². The number of ether oxygens (including phenoxy) is 1. The molecule has 0 fully saturated rings. The Labute approximate surface area is 160 Å². The van der Waals surface area contributed by atoms with E-state index < -0.39 is 0 Å². The first kappa shape index (κ1) is 20.0. The molecule has 5 heteroatoms. The minimum absolute atomic E-state index is 0.296. The van der Waals surface area contributed by atoms with E-state index in [1.54, 1.807) is 18.3 Å².